The first-order chi connectivity index (χ1) is 7.98. The van der Waals surface area contributed by atoms with Gasteiger partial charge in [-0.25, -0.2) is 0 Å². The Morgan fingerprint density at radius 1 is 1.28 bits per heavy atom. The van der Waals surface area contributed by atoms with Gasteiger partial charge >= 0.3 is 0 Å². The highest BCUT2D eigenvalue weighted by Gasteiger charge is 2.13. The van der Waals surface area contributed by atoms with Crippen LogP contribution in [0.5, 0.6) is 0 Å². The van der Waals surface area contributed by atoms with E-state index in [-0.39, 0.29) is 12.2 Å². The number of carbonyl (C=O) groups excluding carboxylic acids is 1. The molecular weight excluding hydrogens is 236 g/mol. The number of carboxylic acid groups (broad SMARTS) is 1. The number of allylic oxidation sites excluding steroid dienone is 1. The molecule has 5 heteroatoms. The van der Waals surface area contributed by atoms with Crippen LogP contribution in [0.3, 0.4) is 0 Å². The standard InChI is InChI=1S/C6H12O2.C3H6.C2H4O2.C2H6O/c1-5(7)4-6(2,3)8;1-3-2;1-2(3)4;1-3-2/h8H,4H2,1-3H3;3H,1H2,2H3;1H3,(H,3,4);1-2H3. The average molecular weight is 264 g/mol. The van der Waals surface area contributed by atoms with E-state index in [0.717, 1.165) is 6.92 Å². The van der Waals surface area contributed by atoms with Crippen LogP contribution in [0.25, 0.3) is 0 Å². The van der Waals surface area contributed by atoms with Gasteiger partial charge in [-0.05, 0) is 27.7 Å². The van der Waals surface area contributed by atoms with E-state index in [1.165, 1.54) is 6.92 Å². The molecule has 0 aromatic rings. The lowest BCUT2D eigenvalue weighted by Crippen LogP contribution is -2.21. The molecule has 0 rings (SSSR count). The number of carbonyl (C=O) groups is 2. The molecule has 0 unspecified atom stereocenters. The lowest BCUT2D eigenvalue weighted by atomic mass is 10.0. The Balaban J connectivity index is -0.0000000827. The molecule has 2 N–H and O–H groups in total. The second-order valence-electron chi connectivity index (χ2n) is 4.03. The van der Waals surface area contributed by atoms with Crippen LogP contribution in [0.4, 0.5) is 0 Å². The summed E-state index contributed by atoms with van der Waals surface area (Å²) in [7, 11) is 3.25. The van der Waals surface area contributed by atoms with Gasteiger partial charge in [0.2, 0.25) is 0 Å². The monoisotopic (exact) mass is 264 g/mol. The van der Waals surface area contributed by atoms with Crippen molar-refractivity contribution in [3.63, 3.8) is 0 Å². The molecule has 0 spiro atoms. The topological polar surface area (TPSA) is 83.8 Å². The van der Waals surface area contributed by atoms with Crippen molar-refractivity contribution < 1.29 is 24.5 Å². The molecule has 0 atom stereocenters. The largest absolute Gasteiger partial charge is 0.481 e. The maximum Gasteiger partial charge on any atom is 0.300 e. The van der Waals surface area contributed by atoms with Gasteiger partial charge in [0.25, 0.3) is 5.97 Å². The smallest absolute Gasteiger partial charge is 0.300 e. The van der Waals surface area contributed by atoms with E-state index in [2.05, 4.69) is 11.3 Å². The molecule has 110 valence electrons. The van der Waals surface area contributed by atoms with E-state index in [1.54, 1.807) is 34.1 Å². The maximum atomic E-state index is 10.3. The Morgan fingerprint density at radius 3 is 1.44 bits per heavy atom. The number of methoxy groups -OCH3 is 1. The van der Waals surface area contributed by atoms with Crippen molar-refractivity contribution in [3.8, 4) is 0 Å². The first-order valence-corrected chi connectivity index (χ1v) is 5.36. The van der Waals surface area contributed by atoms with E-state index in [0.29, 0.717) is 0 Å². The minimum atomic E-state index is -0.833. The summed E-state index contributed by atoms with van der Waals surface area (Å²) in [5.41, 5.74) is -0.828. The Kier molecular flexibility index (Phi) is 25.8. The van der Waals surface area contributed by atoms with Crippen molar-refractivity contribution in [2.24, 2.45) is 0 Å². The Morgan fingerprint density at radius 2 is 1.44 bits per heavy atom. The normalized spacial score (nSPS) is 8.22. The quantitative estimate of drug-likeness (QED) is 0.747. The minimum absolute atomic E-state index is 0.0255. The van der Waals surface area contributed by atoms with Crippen molar-refractivity contribution in [1.29, 1.82) is 0 Å². The molecular formula is C13H28O5. The van der Waals surface area contributed by atoms with Crippen molar-refractivity contribution in [2.45, 2.75) is 46.6 Å². The highest BCUT2D eigenvalue weighted by molar-refractivity contribution is 5.76. The number of carboxylic acids is 1. The molecule has 0 saturated heterocycles. The zero-order valence-corrected chi connectivity index (χ0v) is 12.6. The number of hydrogen-bond acceptors (Lipinski definition) is 4. The summed E-state index contributed by atoms with van der Waals surface area (Å²) in [5, 5.41) is 16.4. The number of rotatable bonds is 2. The van der Waals surface area contributed by atoms with Gasteiger partial charge in [0.15, 0.2) is 0 Å². The lowest BCUT2D eigenvalue weighted by Gasteiger charge is -2.13. The third-order valence-electron chi connectivity index (χ3n) is 0.682. The predicted octanol–water partition coefficient (Wildman–Crippen LogP) is 2.28. The van der Waals surface area contributed by atoms with Crippen LogP contribution in [-0.4, -0.2) is 41.8 Å². The van der Waals surface area contributed by atoms with Crippen molar-refractivity contribution >= 4 is 11.8 Å². The van der Waals surface area contributed by atoms with Crippen LogP contribution in [0.15, 0.2) is 12.7 Å². The summed E-state index contributed by atoms with van der Waals surface area (Å²) in [5.74, 6) is -0.808. The Bertz CT molecular complexity index is 200. The van der Waals surface area contributed by atoms with Crippen LogP contribution in [0.1, 0.15) is 41.0 Å². The first-order valence-electron chi connectivity index (χ1n) is 5.36. The van der Waals surface area contributed by atoms with E-state index in [4.69, 9.17) is 15.0 Å². The molecule has 0 aliphatic rings. The average Bonchev–Trinajstić information content (AvgIpc) is 1.99. The molecule has 0 fully saturated rings. The lowest BCUT2D eigenvalue weighted by molar-refractivity contribution is -0.134. The molecule has 0 aliphatic carbocycles. The van der Waals surface area contributed by atoms with Gasteiger partial charge in [-0.15, -0.1) is 6.58 Å². The van der Waals surface area contributed by atoms with Gasteiger partial charge in [-0.3, -0.25) is 9.59 Å². The van der Waals surface area contributed by atoms with Gasteiger partial charge < -0.3 is 14.9 Å². The number of aliphatic carboxylic acids is 1. The molecule has 0 radical (unpaired) electrons. The Hall–Kier alpha value is -1.20. The van der Waals surface area contributed by atoms with E-state index in [9.17, 15) is 4.79 Å². The fourth-order valence-electron chi connectivity index (χ4n) is 0.609. The summed E-state index contributed by atoms with van der Waals surface area (Å²) >= 11 is 0. The van der Waals surface area contributed by atoms with Crippen LogP contribution >= 0.6 is 0 Å². The first kappa shape index (κ1) is 25.6. The zero-order chi connectivity index (χ0) is 15.8. The Labute approximate surface area is 110 Å². The molecule has 0 amide bonds. The van der Waals surface area contributed by atoms with Crippen LogP contribution in [0.2, 0.25) is 0 Å². The van der Waals surface area contributed by atoms with Gasteiger partial charge in [-0.1, -0.05) is 6.08 Å². The third kappa shape index (κ3) is 195. The fraction of sp³-hybridized carbons (Fsp3) is 0.692. The van der Waals surface area contributed by atoms with Crippen molar-refractivity contribution in [3.05, 3.63) is 12.7 Å². The zero-order valence-electron chi connectivity index (χ0n) is 12.6. The summed E-state index contributed by atoms with van der Waals surface area (Å²) in [6, 6.07) is 0. The maximum absolute atomic E-state index is 10.3. The molecule has 0 heterocycles. The third-order valence-corrected chi connectivity index (χ3v) is 0.682. The van der Waals surface area contributed by atoms with Crippen LogP contribution in [-0.2, 0) is 14.3 Å². The van der Waals surface area contributed by atoms with Crippen molar-refractivity contribution in [2.75, 3.05) is 14.2 Å². The summed E-state index contributed by atoms with van der Waals surface area (Å²) < 4.78 is 4.25. The molecule has 18 heavy (non-hydrogen) atoms. The van der Waals surface area contributed by atoms with Gasteiger partial charge in [-0.2, -0.15) is 0 Å². The molecule has 5 nitrogen and oxygen atoms in total. The summed E-state index contributed by atoms with van der Waals surface area (Å²) in [4.78, 5) is 19.3. The number of aliphatic hydroxyl groups is 1. The highest BCUT2D eigenvalue weighted by atomic mass is 16.4. The predicted molar refractivity (Wildman–Crippen MR) is 73.7 cm³/mol. The van der Waals surface area contributed by atoms with Gasteiger partial charge in [0.05, 0.1) is 5.60 Å². The summed E-state index contributed by atoms with van der Waals surface area (Å²) in [6.07, 6.45) is 1.99. The fourth-order valence-corrected chi connectivity index (χ4v) is 0.609. The van der Waals surface area contributed by atoms with E-state index < -0.39 is 11.6 Å². The van der Waals surface area contributed by atoms with E-state index in [1.807, 2.05) is 6.92 Å². The second kappa shape index (κ2) is 18.2. The number of hydrogen-bond donors (Lipinski definition) is 2. The number of ketones is 1. The molecule has 0 aliphatic heterocycles. The second-order valence-corrected chi connectivity index (χ2v) is 4.03. The van der Waals surface area contributed by atoms with Gasteiger partial charge in [0, 0.05) is 27.6 Å². The molecule has 0 saturated carbocycles. The molecule has 0 bridgehead atoms. The molecule has 0 aromatic carbocycles. The van der Waals surface area contributed by atoms with Crippen LogP contribution < -0.4 is 0 Å². The number of ether oxygens (including phenoxy) is 1. The minimum Gasteiger partial charge on any atom is -0.481 e. The van der Waals surface area contributed by atoms with E-state index >= 15 is 0 Å². The SMILES string of the molecule is C=CC.CC(=O)CC(C)(C)O.CC(=O)O.COC. The molecule has 0 aromatic heterocycles. The number of Topliss-reactive ketones (excluding diaryl/α,β-unsaturated/α-hetero) is 1. The van der Waals surface area contributed by atoms with Crippen molar-refractivity contribution in [1.82, 2.24) is 0 Å². The van der Waals surface area contributed by atoms with Crippen LogP contribution in [0, 0.1) is 0 Å². The van der Waals surface area contributed by atoms with Gasteiger partial charge in [0.1, 0.15) is 5.78 Å². The highest BCUT2D eigenvalue weighted by Crippen LogP contribution is 2.06. The summed E-state index contributed by atoms with van der Waals surface area (Å²) in [6.45, 7) is 11.0.